The third-order valence-electron chi connectivity index (χ3n) is 3.35. The van der Waals surface area contributed by atoms with Gasteiger partial charge in [-0.15, -0.1) is 0 Å². The second-order valence-corrected chi connectivity index (χ2v) is 5.10. The molecule has 1 aromatic rings. The molecule has 0 saturated heterocycles. The fourth-order valence-corrected chi connectivity index (χ4v) is 2.01. The third kappa shape index (κ3) is 6.29. The Labute approximate surface area is 126 Å². The molecule has 0 radical (unpaired) electrons. The molecular weight excluding hydrogens is 268 g/mol. The van der Waals surface area contributed by atoms with Crippen LogP contribution in [0.25, 0.3) is 0 Å². The molecule has 1 aromatic carbocycles. The van der Waals surface area contributed by atoms with E-state index in [1.54, 1.807) is 6.92 Å². The quantitative estimate of drug-likeness (QED) is 0.723. The Bertz CT molecular complexity index is 448. The molecule has 0 spiro atoms. The van der Waals surface area contributed by atoms with Crippen molar-refractivity contribution in [3.63, 3.8) is 0 Å². The molecule has 0 aliphatic carbocycles. The molecule has 116 valence electrons. The Balaban J connectivity index is 2.29. The number of hydrogen-bond donors (Lipinski definition) is 2. The zero-order chi connectivity index (χ0) is 15.7. The number of carbonyl (C=O) groups excluding carboxylic acids is 1. The molecule has 0 bridgehead atoms. The molecule has 0 aliphatic rings. The van der Waals surface area contributed by atoms with Gasteiger partial charge in [0.05, 0.1) is 5.92 Å². The van der Waals surface area contributed by atoms with Crippen molar-refractivity contribution < 1.29 is 14.7 Å². The van der Waals surface area contributed by atoms with Crippen LogP contribution in [-0.2, 0) is 11.2 Å². The van der Waals surface area contributed by atoms with E-state index in [1.165, 1.54) is 10.5 Å². The SMILES string of the molecule is CCN(CC(C)C(=O)O)C(=O)NCCCc1ccccc1. The van der Waals surface area contributed by atoms with Gasteiger partial charge in [0.2, 0.25) is 0 Å². The van der Waals surface area contributed by atoms with Crippen LogP contribution >= 0.6 is 0 Å². The van der Waals surface area contributed by atoms with E-state index in [2.05, 4.69) is 17.4 Å². The summed E-state index contributed by atoms with van der Waals surface area (Å²) >= 11 is 0. The van der Waals surface area contributed by atoms with Crippen LogP contribution in [0.4, 0.5) is 4.79 Å². The first-order valence-electron chi connectivity index (χ1n) is 7.34. The smallest absolute Gasteiger partial charge is 0.317 e. The number of benzene rings is 1. The lowest BCUT2D eigenvalue weighted by Gasteiger charge is -2.23. The fourth-order valence-electron chi connectivity index (χ4n) is 2.01. The minimum atomic E-state index is -0.884. The number of nitrogens with zero attached hydrogens (tertiary/aromatic N) is 1. The molecule has 0 aromatic heterocycles. The van der Waals surface area contributed by atoms with Crippen LogP contribution in [0.1, 0.15) is 25.8 Å². The van der Waals surface area contributed by atoms with E-state index in [-0.39, 0.29) is 12.6 Å². The lowest BCUT2D eigenvalue weighted by Crippen LogP contribution is -2.43. The summed E-state index contributed by atoms with van der Waals surface area (Å²) in [6, 6.07) is 9.91. The molecule has 2 amide bonds. The molecule has 2 N–H and O–H groups in total. The first-order chi connectivity index (χ1) is 10.0. The van der Waals surface area contributed by atoms with Gasteiger partial charge in [-0.3, -0.25) is 4.79 Å². The number of urea groups is 1. The van der Waals surface area contributed by atoms with Crippen molar-refractivity contribution in [2.75, 3.05) is 19.6 Å². The normalized spacial score (nSPS) is 11.7. The van der Waals surface area contributed by atoms with Gasteiger partial charge in [0, 0.05) is 19.6 Å². The molecule has 1 rings (SSSR count). The lowest BCUT2D eigenvalue weighted by atomic mass is 10.1. The highest BCUT2D eigenvalue weighted by Gasteiger charge is 2.18. The van der Waals surface area contributed by atoms with Crippen molar-refractivity contribution in [1.29, 1.82) is 0 Å². The van der Waals surface area contributed by atoms with Crippen LogP contribution in [0.3, 0.4) is 0 Å². The van der Waals surface area contributed by atoms with Crippen LogP contribution in [-0.4, -0.2) is 41.6 Å². The van der Waals surface area contributed by atoms with E-state index < -0.39 is 11.9 Å². The predicted molar refractivity (Wildman–Crippen MR) is 82.2 cm³/mol. The summed E-state index contributed by atoms with van der Waals surface area (Å²) < 4.78 is 0. The average molecular weight is 292 g/mol. The maximum Gasteiger partial charge on any atom is 0.317 e. The minimum Gasteiger partial charge on any atom is -0.481 e. The highest BCUT2D eigenvalue weighted by molar-refractivity contribution is 5.75. The number of carbonyl (C=O) groups is 2. The molecule has 0 heterocycles. The standard InChI is InChI=1S/C16H24N2O3/c1-3-18(12-13(2)15(19)20)16(21)17-11-7-10-14-8-5-4-6-9-14/h4-6,8-9,13H,3,7,10-12H2,1-2H3,(H,17,21)(H,19,20). The van der Waals surface area contributed by atoms with Gasteiger partial charge in [-0.1, -0.05) is 37.3 Å². The number of amides is 2. The lowest BCUT2D eigenvalue weighted by molar-refractivity contribution is -0.141. The molecule has 5 nitrogen and oxygen atoms in total. The van der Waals surface area contributed by atoms with Crippen LogP contribution in [0.5, 0.6) is 0 Å². The maximum atomic E-state index is 12.0. The van der Waals surface area contributed by atoms with Crippen molar-refractivity contribution in [1.82, 2.24) is 10.2 Å². The fraction of sp³-hybridized carbons (Fsp3) is 0.500. The third-order valence-corrected chi connectivity index (χ3v) is 3.35. The number of carboxylic acid groups (broad SMARTS) is 1. The van der Waals surface area contributed by atoms with E-state index >= 15 is 0 Å². The summed E-state index contributed by atoms with van der Waals surface area (Å²) in [5.41, 5.74) is 1.25. The topological polar surface area (TPSA) is 69.6 Å². The summed E-state index contributed by atoms with van der Waals surface area (Å²) in [7, 11) is 0. The van der Waals surface area contributed by atoms with E-state index in [9.17, 15) is 9.59 Å². The number of carboxylic acids is 1. The van der Waals surface area contributed by atoms with Crippen molar-refractivity contribution >= 4 is 12.0 Å². The second kappa shape index (κ2) is 9.00. The Morgan fingerprint density at radius 1 is 1.29 bits per heavy atom. The van der Waals surface area contributed by atoms with Crippen LogP contribution < -0.4 is 5.32 Å². The highest BCUT2D eigenvalue weighted by Crippen LogP contribution is 2.03. The summed E-state index contributed by atoms with van der Waals surface area (Å²) in [6.45, 7) is 4.77. The zero-order valence-electron chi connectivity index (χ0n) is 12.7. The summed E-state index contributed by atoms with van der Waals surface area (Å²) in [5, 5.41) is 11.7. The van der Waals surface area contributed by atoms with E-state index in [0.29, 0.717) is 13.1 Å². The van der Waals surface area contributed by atoms with E-state index in [4.69, 9.17) is 5.11 Å². The molecule has 5 heteroatoms. The van der Waals surface area contributed by atoms with E-state index in [1.807, 2.05) is 25.1 Å². The monoisotopic (exact) mass is 292 g/mol. The molecule has 0 saturated carbocycles. The highest BCUT2D eigenvalue weighted by atomic mass is 16.4. The Morgan fingerprint density at radius 2 is 1.95 bits per heavy atom. The van der Waals surface area contributed by atoms with Gasteiger partial charge in [0.25, 0.3) is 0 Å². The summed E-state index contributed by atoms with van der Waals surface area (Å²) in [5.74, 6) is -1.44. The largest absolute Gasteiger partial charge is 0.481 e. The second-order valence-electron chi connectivity index (χ2n) is 5.10. The van der Waals surface area contributed by atoms with Gasteiger partial charge < -0.3 is 15.3 Å². The van der Waals surface area contributed by atoms with Crippen molar-refractivity contribution in [2.24, 2.45) is 5.92 Å². The van der Waals surface area contributed by atoms with E-state index in [0.717, 1.165) is 12.8 Å². The van der Waals surface area contributed by atoms with Gasteiger partial charge in [0.15, 0.2) is 0 Å². The van der Waals surface area contributed by atoms with Gasteiger partial charge in [-0.25, -0.2) is 4.79 Å². The maximum absolute atomic E-state index is 12.0. The Hall–Kier alpha value is -2.04. The summed E-state index contributed by atoms with van der Waals surface area (Å²) in [4.78, 5) is 24.3. The van der Waals surface area contributed by atoms with Crippen molar-refractivity contribution in [3.8, 4) is 0 Å². The number of nitrogens with one attached hydrogen (secondary N) is 1. The first-order valence-corrected chi connectivity index (χ1v) is 7.34. The average Bonchev–Trinajstić information content (AvgIpc) is 2.49. The van der Waals surface area contributed by atoms with Crippen LogP contribution in [0.15, 0.2) is 30.3 Å². The number of aryl methyl sites for hydroxylation is 1. The molecule has 1 atom stereocenters. The number of aliphatic carboxylic acids is 1. The molecule has 1 unspecified atom stereocenters. The predicted octanol–water partition coefficient (Wildman–Crippen LogP) is 2.37. The van der Waals surface area contributed by atoms with Crippen LogP contribution in [0.2, 0.25) is 0 Å². The molecule has 21 heavy (non-hydrogen) atoms. The minimum absolute atomic E-state index is 0.196. The van der Waals surface area contributed by atoms with Gasteiger partial charge in [-0.2, -0.15) is 0 Å². The molecule has 0 fully saturated rings. The number of hydrogen-bond acceptors (Lipinski definition) is 2. The Kier molecular flexibility index (Phi) is 7.29. The van der Waals surface area contributed by atoms with Gasteiger partial charge in [0.1, 0.15) is 0 Å². The van der Waals surface area contributed by atoms with Crippen LogP contribution in [0, 0.1) is 5.92 Å². The Morgan fingerprint density at radius 3 is 2.52 bits per heavy atom. The first kappa shape index (κ1) is 17.0. The van der Waals surface area contributed by atoms with Gasteiger partial charge >= 0.3 is 12.0 Å². The summed E-state index contributed by atoms with van der Waals surface area (Å²) in [6.07, 6.45) is 1.78. The number of rotatable bonds is 8. The molecule has 0 aliphatic heterocycles. The van der Waals surface area contributed by atoms with Crippen molar-refractivity contribution in [3.05, 3.63) is 35.9 Å². The molecular formula is C16H24N2O3. The zero-order valence-corrected chi connectivity index (χ0v) is 12.7. The van der Waals surface area contributed by atoms with Gasteiger partial charge in [-0.05, 0) is 25.3 Å². The van der Waals surface area contributed by atoms with Crippen molar-refractivity contribution in [2.45, 2.75) is 26.7 Å².